The maximum absolute atomic E-state index is 10.2. The van der Waals surface area contributed by atoms with Crippen LogP contribution >= 0.6 is 0 Å². The van der Waals surface area contributed by atoms with Crippen LogP contribution in [0.25, 0.3) is 5.65 Å². The lowest BCUT2D eigenvalue weighted by molar-refractivity contribution is -0.0359. The number of hydrogen-bond donors (Lipinski definition) is 2. The number of hydrogen-bond acceptors (Lipinski definition) is 4. The molecular formula is C15H21N3O2. The third-order valence-corrected chi connectivity index (χ3v) is 3.95. The zero-order valence-corrected chi connectivity index (χ0v) is 12.2. The highest BCUT2D eigenvalue weighted by molar-refractivity contribution is 5.74. The fourth-order valence-electron chi connectivity index (χ4n) is 2.74. The summed E-state index contributed by atoms with van der Waals surface area (Å²) in [5.74, 6) is 0. The Morgan fingerprint density at radius 3 is 3.05 bits per heavy atom. The Balaban J connectivity index is 2.11. The van der Waals surface area contributed by atoms with Gasteiger partial charge in [0.25, 0.3) is 0 Å². The molecule has 0 spiro atoms. The summed E-state index contributed by atoms with van der Waals surface area (Å²) in [5.41, 5.74) is 5.05. The highest BCUT2D eigenvalue weighted by Crippen LogP contribution is 2.35. The van der Waals surface area contributed by atoms with E-state index >= 15 is 0 Å². The number of imidazole rings is 1. The first kappa shape index (κ1) is 13.4. The van der Waals surface area contributed by atoms with Crippen molar-refractivity contribution in [1.29, 1.82) is 0 Å². The molecule has 2 unspecified atom stereocenters. The minimum absolute atomic E-state index is 0.270. The minimum atomic E-state index is -0.520. The molecule has 5 nitrogen and oxygen atoms in total. The van der Waals surface area contributed by atoms with Gasteiger partial charge in [-0.2, -0.15) is 0 Å². The molecule has 2 atom stereocenters. The van der Waals surface area contributed by atoms with Gasteiger partial charge in [0, 0.05) is 30.6 Å². The molecule has 2 N–H and O–H groups in total. The maximum atomic E-state index is 10.2. The lowest BCUT2D eigenvalue weighted by Crippen LogP contribution is -2.34. The molecule has 0 aromatic carbocycles. The molecule has 1 aliphatic rings. The number of rotatable bonds is 3. The number of pyridine rings is 1. The van der Waals surface area contributed by atoms with E-state index in [-0.39, 0.29) is 6.10 Å². The molecule has 0 radical (unpaired) electrons. The standard InChI is InChI=1S/C15H21N3O2/c1-4-7-20-14-11-5-6-18-10(3)9(2)17-15(18)13(11)16-8-12(14)19/h5-6,12,14,16,19H,4,7-8H2,1-3H3. The molecule has 3 rings (SSSR count). The van der Waals surface area contributed by atoms with E-state index < -0.39 is 6.10 Å². The van der Waals surface area contributed by atoms with Gasteiger partial charge >= 0.3 is 0 Å². The Bertz CT molecular complexity index is 636. The molecule has 0 amide bonds. The maximum Gasteiger partial charge on any atom is 0.161 e. The molecule has 0 saturated heterocycles. The minimum Gasteiger partial charge on any atom is -0.388 e. The molecular weight excluding hydrogens is 254 g/mol. The molecule has 3 heterocycles. The Morgan fingerprint density at radius 2 is 2.30 bits per heavy atom. The SMILES string of the molecule is CCCOC1c2ccn3c(C)c(C)nc3c2NCC1O. The van der Waals surface area contributed by atoms with E-state index in [1.807, 2.05) is 19.2 Å². The van der Waals surface area contributed by atoms with Crippen LogP contribution in [0, 0.1) is 13.8 Å². The largest absolute Gasteiger partial charge is 0.388 e. The Labute approximate surface area is 118 Å². The predicted octanol–water partition coefficient (Wildman–Crippen LogP) is 2.21. The smallest absolute Gasteiger partial charge is 0.161 e. The van der Waals surface area contributed by atoms with Crippen molar-refractivity contribution in [1.82, 2.24) is 9.38 Å². The first-order valence-electron chi connectivity index (χ1n) is 7.15. The summed E-state index contributed by atoms with van der Waals surface area (Å²) in [6.07, 6.45) is 2.16. The molecule has 2 aromatic heterocycles. The van der Waals surface area contributed by atoms with Crippen molar-refractivity contribution in [3.8, 4) is 0 Å². The Hall–Kier alpha value is -1.59. The summed E-state index contributed by atoms with van der Waals surface area (Å²) in [6, 6.07) is 2.02. The fourth-order valence-corrected chi connectivity index (χ4v) is 2.74. The molecule has 1 aliphatic heterocycles. The van der Waals surface area contributed by atoms with Crippen molar-refractivity contribution >= 4 is 11.3 Å². The van der Waals surface area contributed by atoms with Crippen molar-refractivity contribution in [3.63, 3.8) is 0 Å². The van der Waals surface area contributed by atoms with E-state index in [2.05, 4.69) is 28.5 Å². The van der Waals surface area contributed by atoms with Gasteiger partial charge in [0.2, 0.25) is 0 Å². The number of fused-ring (bicyclic) bond motifs is 3. The average Bonchev–Trinajstić information content (AvgIpc) is 2.73. The van der Waals surface area contributed by atoms with E-state index in [9.17, 15) is 5.11 Å². The summed E-state index contributed by atoms with van der Waals surface area (Å²) >= 11 is 0. The average molecular weight is 275 g/mol. The lowest BCUT2D eigenvalue weighted by atomic mass is 9.99. The summed E-state index contributed by atoms with van der Waals surface area (Å²) in [5, 5.41) is 13.4. The first-order chi connectivity index (χ1) is 9.63. The quantitative estimate of drug-likeness (QED) is 0.901. The fraction of sp³-hybridized carbons (Fsp3) is 0.533. The van der Waals surface area contributed by atoms with Crippen LogP contribution in [0.2, 0.25) is 0 Å². The van der Waals surface area contributed by atoms with Crippen LogP contribution in [0.5, 0.6) is 0 Å². The number of aliphatic hydroxyl groups is 1. The molecule has 0 bridgehead atoms. The molecule has 2 aromatic rings. The van der Waals surface area contributed by atoms with Gasteiger partial charge < -0.3 is 19.6 Å². The van der Waals surface area contributed by atoms with Gasteiger partial charge in [-0.25, -0.2) is 4.98 Å². The topological polar surface area (TPSA) is 58.8 Å². The first-order valence-corrected chi connectivity index (χ1v) is 7.15. The van der Waals surface area contributed by atoms with Crippen molar-refractivity contribution < 1.29 is 9.84 Å². The number of ether oxygens (including phenoxy) is 1. The molecule has 0 saturated carbocycles. The van der Waals surface area contributed by atoms with Crippen LogP contribution in [0.4, 0.5) is 5.69 Å². The normalized spacial score (nSPS) is 21.8. The van der Waals surface area contributed by atoms with Gasteiger partial charge in [0.1, 0.15) is 12.2 Å². The van der Waals surface area contributed by atoms with Gasteiger partial charge in [0.05, 0.1) is 11.4 Å². The van der Waals surface area contributed by atoms with E-state index in [1.165, 1.54) is 0 Å². The Kier molecular flexibility index (Phi) is 3.40. The summed E-state index contributed by atoms with van der Waals surface area (Å²) in [6.45, 7) is 7.28. The number of aromatic nitrogens is 2. The number of β-amino-alcohol motifs (C(OH)–C–C–N with tert-alkyl or cyclic N) is 1. The van der Waals surface area contributed by atoms with Gasteiger partial charge in [-0.05, 0) is 26.3 Å². The summed E-state index contributed by atoms with van der Waals surface area (Å²) in [7, 11) is 0. The third kappa shape index (κ3) is 1.98. The molecule has 108 valence electrons. The molecule has 20 heavy (non-hydrogen) atoms. The number of nitrogens with zero attached hydrogens (tertiary/aromatic N) is 2. The van der Waals surface area contributed by atoms with Gasteiger partial charge in [-0.1, -0.05) is 6.92 Å². The van der Waals surface area contributed by atoms with E-state index in [4.69, 9.17) is 4.74 Å². The number of aliphatic hydroxyl groups excluding tert-OH is 1. The van der Waals surface area contributed by atoms with Crippen LogP contribution in [0.1, 0.15) is 36.4 Å². The highest BCUT2D eigenvalue weighted by Gasteiger charge is 2.30. The monoisotopic (exact) mass is 275 g/mol. The zero-order valence-electron chi connectivity index (χ0n) is 12.2. The molecule has 5 heteroatoms. The zero-order chi connectivity index (χ0) is 14.3. The van der Waals surface area contributed by atoms with Crippen LogP contribution in [-0.4, -0.2) is 33.7 Å². The Morgan fingerprint density at radius 1 is 1.50 bits per heavy atom. The van der Waals surface area contributed by atoms with E-state index in [0.29, 0.717) is 13.2 Å². The van der Waals surface area contributed by atoms with Crippen molar-refractivity contribution in [2.75, 3.05) is 18.5 Å². The second-order valence-corrected chi connectivity index (χ2v) is 5.36. The van der Waals surface area contributed by atoms with Crippen molar-refractivity contribution in [2.24, 2.45) is 0 Å². The lowest BCUT2D eigenvalue weighted by Gasteiger charge is -2.31. The van der Waals surface area contributed by atoms with Crippen molar-refractivity contribution in [3.05, 3.63) is 29.2 Å². The number of nitrogens with one attached hydrogen (secondary N) is 1. The van der Waals surface area contributed by atoms with E-state index in [0.717, 1.165) is 34.7 Å². The second kappa shape index (κ2) is 5.07. The number of aryl methyl sites for hydroxylation is 2. The summed E-state index contributed by atoms with van der Waals surface area (Å²) < 4.78 is 7.91. The van der Waals surface area contributed by atoms with Gasteiger partial charge in [0.15, 0.2) is 5.65 Å². The van der Waals surface area contributed by atoms with Crippen LogP contribution in [0.15, 0.2) is 12.3 Å². The van der Waals surface area contributed by atoms with Crippen LogP contribution in [0.3, 0.4) is 0 Å². The molecule has 0 aliphatic carbocycles. The van der Waals surface area contributed by atoms with Gasteiger partial charge in [-0.15, -0.1) is 0 Å². The summed E-state index contributed by atoms with van der Waals surface area (Å²) in [4.78, 5) is 4.63. The predicted molar refractivity (Wildman–Crippen MR) is 78.1 cm³/mol. The van der Waals surface area contributed by atoms with Crippen molar-refractivity contribution in [2.45, 2.75) is 39.4 Å². The van der Waals surface area contributed by atoms with Crippen LogP contribution < -0.4 is 5.32 Å². The van der Waals surface area contributed by atoms with Gasteiger partial charge in [-0.3, -0.25) is 0 Å². The third-order valence-electron chi connectivity index (χ3n) is 3.95. The number of anilines is 1. The highest BCUT2D eigenvalue weighted by atomic mass is 16.5. The van der Waals surface area contributed by atoms with Crippen LogP contribution in [-0.2, 0) is 4.74 Å². The second-order valence-electron chi connectivity index (χ2n) is 5.36. The van der Waals surface area contributed by atoms with E-state index in [1.54, 1.807) is 0 Å². The molecule has 0 fully saturated rings.